The molecule has 160 valence electrons. The molecular formula is C23H30N4O3. The lowest BCUT2D eigenvalue weighted by atomic mass is 9.94. The topological polar surface area (TPSA) is 84.4 Å². The first-order valence-corrected chi connectivity index (χ1v) is 10.5. The molecule has 1 aromatic heterocycles. The Labute approximate surface area is 177 Å². The summed E-state index contributed by atoms with van der Waals surface area (Å²) in [6.07, 6.45) is -0.296. The van der Waals surface area contributed by atoms with Crippen LogP contribution in [0.1, 0.15) is 46.0 Å². The van der Waals surface area contributed by atoms with Gasteiger partial charge in [-0.15, -0.1) is 0 Å². The van der Waals surface area contributed by atoms with Gasteiger partial charge < -0.3 is 15.0 Å². The zero-order valence-corrected chi connectivity index (χ0v) is 18.5. The molecule has 1 aliphatic heterocycles. The summed E-state index contributed by atoms with van der Waals surface area (Å²) in [5.74, 6) is 0.362. The Balaban J connectivity index is 1.43. The molecule has 7 nitrogen and oxygen atoms in total. The van der Waals surface area contributed by atoms with Crippen molar-refractivity contribution < 1.29 is 14.3 Å². The highest BCUT2D eigenvalue weighted by Crippen LogP contribution is 2.52. The predicted octanol–water partition coefficient (Wildman–Crippen LogP) is 3.40. The number of aromatic nitrogens is 2. The third-order valence-electron chi connectivity index (χ3n) is 6.05. The van der Waals surface area contributed by atoms with E-state index in [9.17, 15) is 9.59 Å². The minimum absolute atomic E-state index is 0.0188. The Morgan fingerprint density at radius 2 is 1.63 bits per heavy atom. The molecule has 1 aromatic carbocycles. The second kappa shape index (κ2) is 6.93. The average Bonchev–Trinajstić information content (AvgIpc) is 3.14. The van der Waals surface area contributed by atoms with Crippen molar-refractivity contribution in [2.75, 3.05) is 13.1 Å². The van der Waals surface area contributed by atoms with Crippen LogP contribution in [0.2, 0.25) is 0 Å². The fraction of sp³-hybridized carbons (Fsp3) is 0.565. The normalized spacial score (nSPS) is 23.3. The second-order valence-corrected chi connectivity index (χ2v) is 10.0. The summed E-state index contributed by atoms with van der Waals surface area (Å²) in [5.41, 5.74) is 0.468. The minimum Gasteiger partial charge on any atom is -0.444 e. The largest absolute Gasteiger partial charge is 0.444 e. The van der Waals surface area contributed by atoms with E-state index >= 15 is 0 Å². The van der Waals surface area contributed by atoms with Crippen molar-refractivity contribution in [3.05, 3.63) is 35.7 Å². The maximum Gasteiger partial charge on any atom is 0.410 e. The molecule has 0 bridgehead atoms. The van der Waals surface area contributed by atoms with Crippen molar-refractivity contribution in [1.29, 1.82) is 0 Å². The number of nitrogens with zero attached hydrogens (tertiary/aromatic N) is 3. The van der Waals surface area contributed by atoms with Gasteiger partial charge in [-0.1, -0.05) is 24.3 Å². The van der Waals surface area contributed by atoms with E-state index < -0.39 is 11.1 Å². The van der Waals surface area contributed by atoms with Gasteiger partial charge in [0, 0.05) is 29.8 Å². The monoisotopic (exact) mass is 410 g/mol. The maximum absolute atomic E-state index is 13.0. The number of nitrogens with one attached hydrogen (secondary N) is 1. The van der Waals surface area contributed by atoms with E-state index in [1.807, 2.05) is 65.8 Å². The Hall–Kier alpha value is -2.70. The number of rotatable bonds is 3. The van der Waals surface area contributed by atoms with Gasteiger partial charge in [0.2, 0.25) is 5.91 Å². The van der Waals surface area contributed by atoms with E-state index in [1.165, 1.54) is 0 Å². The lowest BCUT2D eigenvalue weighted by molar-refractivity contribution is -0.125. The third kappa shape index (κ3) is 3.73. The number of fused-ring (bicyclic) bond motifs is 2. The Morgan fingerprint density at radius 1 is 1.03 bits per heavy atom. The number of piperidine rings is 1. The van der Waals surface area contributed by atoms with Gasteiger partial charge in [-0.2, -0.15) is 10.2 Å². The second-order valence-electron chi connectivity index (χ2n) is 10.0. The van der Waals surface area contributed by atoms with Crippen molar-refractivity contribution in [1.82, 2.24) is 20.4 Å². The van der Waals surface area contributed by atoms with Crippen LogP contribution in [0.4, 0.5) is 4.79 Å². The molecule has 30 heavy (non-hydrogen) atoms. The number of amides is 2. The summed E-state index contributed by atoms with van der Waals surface area (Å²) in [4.78, 5) is 27.0. The summed E-state index contributed by atoms with van der Waals surface area (Å²) in [7, 11) is 0. The molecule has 2 atom stereocenters. The van der Waals surface area contributed by atoms with Crippen LogP contribution < -0.4 is 5.32 Å². The van der Waals surface area contributed by atoms with Crippen LogP contribution in [0.5, 0.6) is 0 Å². The Bertz CT molecular complexity index is 999. The van der Waals surface area contributed by atoms with Crippen LogP contribution in [0, 0.1) is 24.7 Å². The van der Waals surface area contributed by atoms with Crippen LogP contribution in [-0.4, -0.2) is 45.8 Å². The first-order valence-electron chi connectivity index (χ1n) is 10.5. The van der Waals surface area contributed by atoms with Crippen LogP contribution in [-0.2, 0) is 15.1 Å². The molecule has 2 unspecified atom stereocenters. The molecule has 2 heterocycles. The highest BCUT2D eigenvalue weighted by molar-refractivity contribution is 5.88. The number of aryl methyl sites for hydroxylation is 1. The maximum atomic E-state index is 13.0. The highest BCUT2D eigenvalue weighted by atomic mass is 16.6. The van der Waals surface area contributed by atoms with E-state index in [2.05, 4.69) is 15.5 Å². The van der Waals surface area contributed by atoms with Crippen LogP contribution in [0.3, 0.4) is 0 Å². The first-order chi connectivity index (χ1) is 14.0. The fourth-order valence-electron chi connectivity index (χ4n) is 4.54. The number of ether oxygens (including phenoxy) is 1. The quantitative estimate of drug-likeness (QED) is 0.838. The van der Waals surface area contributed by atoms with Crippen LogP contribution >= 0.6 is 0 Å². The summed E-state index contributed by atoms with van der Waals surface area (Å²) in [6, 6.07) is 8.00. The summed E-state index contributed by atoms with van der Waals surface area (Å²) < 4.78 is 5.45. The molecule has 2 aromatic rings. The number of likely N-dealkylation sites (tertiary alicyclic amines) is 1. The molecule has 1 saturated carbocycles. The van der Waals surface area contributed by atoms with Gasteiger partial charge in [0.15, 0.2) is 0 Å². The fourth-order valence-corrected chi connectivity index (χ4v) is 4.54. The molecule has 2 amide bonds. The van der Waals surface area contributed by atoms with E-state index in [0.29, 0.717) is 13.1 Å². The predicted molar refractivity (Wildman–Crippen MR) is 114 cm³/mol. The van der Waals surface area contributed by atoms with Crippen LogP contribution in [0.25, 0.3) is 10.8 Å². The molecule has 7 heteroatoms. The molecule has 1 saturated heterocycles. The lowest BCUT2D eigenvalue weighted by Crippen LogP contribution is -2.44. The first kappa shape index (κ1) is 20.6. The average molecular weight is 411 g/mol. The Morgan fingerprint density at radius 3 is 2.23 bits per heavy atom. The summed E-state index contributed by atoms with van der Waals surface area (Å²) in [5, 5.41) is 13.9. The van der Waals surface area contributed by atoms with E-state index in [1.54, 1.807) is 4.90 Å². The number of benzene rings is 1. The third-order valence-corrected chi connectivity index (χ3v) is 6.05. The molecule has 1 aliphatic carbocycles. The van der Waals surface area contributed by atoms with E-state index in [-0.39, 0.29) is 29.8 Å². The molecule has 0 spiro atoms. The molecule has 0 radical (unpaired) electrons. The molecule has 4 rings (SSSR count). The zero-order valence-electron chi connectivity index (χ0n) is 18.5. The summed E-state index contributed by atoms with van der Waals surface area (Å²) in [6.45, 7) is 12.6. The number of carbonyl (C=O) groups is 2. The lowest BCUT2D eigenvalue weighted by Gasteiger charge is -2.28. The zero-order chi connectivity index (χ0) is 21.8. The van der Waals surface area contributed by atoms with Crippen LogP contribution in [0.15, 0.2) is 24.3 Å². The smallest absolute Gasteiger partial charge is 0.410 e. The SMILES string of the molecule is Cc1nnc(C(C)(C)NC(=O)C2C3CN(C(=O)OC(C)(C)C)CC32)c2ccccc12. The van der Waals surface area contributed by atoms with Gasteiger partial charge in [-0.3, -0.25) is 4.79 Å². The van der Waals surface area contributed by atoms with Gasteiger partial charge in [0.1, 0.15) is 5.60 Å². The van der Waals surface area contributed by atoms with Gasteiger partial charge in [0.05, 0.1) is 16.9 Å². The van der Waals surface area contributed by atoms with Gasteiger partial charge >= 0.3 is 6.09 Å². The molecular weight excluding hydrogens is 380 g/mol. The van der Waals surface area contributed by atoms with Crippen molar-refractivity contribution in [2.45, 2.75) is 52.7 Å². The molecule has 1 N–H and O–H groups in total. The molecule has 2 aliphatic rings. The van der Waals surface area contributed by atoms with Crippen molar-refractivity contribution in [3.8, 4) is 0 Å². The minimum atomic E-state index is -0.654. The van der Waals surface area contributed by atoms with Gasteiger partial charge in [0.25, 0.3) is 0 Å². The Kier molecular flexibility index (Phi) is 4.75. The van der Waals surface area contributed by atoms with Crippen molar-refractivity contribution in [2.24, 2.45) is 17.8 Å². The van der Waals surface area contributed by atoms with Crippen molar-refractivity contribution in [3.63, 3.8) is 0 Å². The number of hydrogen-bond acceptors (Lipinski definition) is 5. The van der Waals surface area contributed by atoms with Crippen molar-refractivity contribution >= 4 is 22.8 Å². The summed E-state index contributed by atoms with van der Waals surface area (Å²) >= 11 is 0. The van der Waals surface area contributed by atoms with E-state index in [0.717, 1.165) is 22.2 Å². The van der Waals surface area contributed by atoms with Gasteiger partial charge in [-0.25, -0.2) is 4.79 Å². The van der Waals surface area contributed by atoms with Gasteiger partial charge in [-0.05, 0) is 53.4 Å². The highest BCUT2D eigenvalue weighted by Gasteiger charge is 2.61. The number of hydrogen-bond donors (Lipinski definition) is 1. The number of carbonyl (C=O) groups excluding carboxylic acids is 2. The standard InChI is InChI=1S/C23H30N4O3/c1-13-14-9-7-8-10-15(14)19(26-25-13)23(5,6)24-20(28)18-16-11-27(12-17(16)18)21(29)30-22(2,3)4/h7-10,16-18H,11-12H2,1-6H3,(H,24,28). The van der Waals surface area contributed by atoms with E-state index in [4.69, 9.17) is 4.74 Å². The molecule has 2 fully saturated rings.